The monoisotopic (exact) mass is 347 g/mol. The van der Waals surface area contributed by atoms with Crippen LogP contribution in [0.25, 0.3) is 0 Å². The zero-order valence-electron chi connectivity index (χ0n) is 12.9. The first-order valence-electron chi connectivity index (χ1n) is 7.25. The minimum atomic E-state index is -0.470. The van der Waals surface area contributed by atoms with Crippen LogP contribution in [0.2, 0.25) is 0 Å². The number of methoxy groups -OCH3 is 1. The molecule has 0 aliphatic heterocycles. The molecule has 0 bridgehead atoms. The molecule has 0 heterocycles. The maximum absolute atomic E-state index is 12.1. The SMILES string of the molecule is COC(=O)C(Br)CNC(=O)C1CCC(C(C)(C)C)CC1. The van der Waals surface area contributed by atoms with Gasteiger partial charge in [0.05, 0.1) is 7.11 Å². The largest absolute Gasteiger partial charge is 0.468 e. The van der Waals surface area contributed by atoms with Crippen LogP contribution >= 0.6 is 15.9 Å². The fourth-order valence-corrected chi connectivity index (χ4v) is 3.12. The van der Waals surface area contributed by atoms with Crippen LogP contribution in [0, 0.1) is 17.3 Å². The van der Waals surface area contributed by atoms with E-state index in [-0.39, 0.29) is 24.3 Å². The highest BCUT2D eigenvalue weighted by Gasteiger charge is 2.32. The van der Waals surface area contributed by atoms with Crippen LogP contribution in [0.1, 0.15) is 46.5 Å². The molecule has 0 radical (unpaired) electrons. The van der Waals surface area contributed by atoms with Crippen LogP contribution in [0.3, 0.4) is 0 Å². The van der Waals surface area contributed by atoms with Crippen LogP contribution in [0.5, 0.6) is 0 Å². The Balaban J connectivity index is 2.35. The molecule has 0 aromatic rings. The summed E-state index contributed by atoms with van der Waals surface area (Å²) in [7, 11) is 1.34. The lowest BCUT2D eigenvalue weighted by atomic mass is 9.69. The molecule has 1 aliphatic rings. The van der Waals surface area contributed by atoms with Crippen molar-refractivity contribution in [3.8, 4) is 0 Å². The van der Waals surface area contributed by atoms with Crippen molar-refractivity contribution in [2.24, 2.45) is 17.3 Å². The van der Waals surface area contributed by atoms with Gasteiger partial charge in [-0.25, -0.2) is 0 Å². The van der Waals surface area contributed by atoms with E-state index in [2.05, 4.69) is 46.8 Å². The molecule has 1 rings (SSSR count). The highest BCUT2D eigenvalue weighted by Crippen LogP contribution is 2.39. The molecule has 1 N–H and O–H groups in total. The zero-order chi connectivity index (χ0) is 15.3. The molecule has 0 spiro atoms. The Kier molecular flexibility index (Phi) is 6.49. The molecule has 1 aliphatic carbocycles. The molecule has 1 atom stereocenters. The summed E-state index contributed by atoms with van der Waals surface area (Å²) in [6.45, 7) is 7.09. The molecule has 1 unspecified atom stereocenters. The van der Waals surface area contributed by atoms with Gasteiger partial charge in [-0.3, -0.25) is 9.59 Å². The van der Waals surface area contributed by atoms with E-state index in [0.717, 1.165) is 25.7 Å². The van der Waals surface area contributed by atoms with Crippen molar-refractivity contribution in [3.05, 3.63) is 0 Å². The normalized spacial score (nSPS) is 24.9. The van der Waals surface area contributed by atoms with E-state index >= 15 is 0 Å². The highest BCUT2D eigenvalue weighted by atomic mass is 79.9. The number of halogens is 1. The quantitative estimate of drug-likeness (QED) is 0.628. The Hall–Kier alpha value is -0.580. The maximum Gasteiger partial charge on any atom is 0.321 e. The first-order chi connectivity index (χ1) is 9.25. The van der Waals surface area contributed by atoms with Crippen LogP contribution in [-0.4, -0.2) is 30.4 Å². The molecule has 5 heteroatoms. The van der Waals surface area contributed by atoms with E-state index in [9.17, 15) is 9.59 Å². The summed E-state index contributed by atoms with van der Waals surface area (Å²) < 4.78 is 4.60. The van der Waals surface area contributed by atoms with Gasteiger partial charge in [0.1, 0.15) is 4.83 Å². The number of hydrogen-bond acceptors (Lipinski definition) is 3. The summed E-state index contributed by atoms with van der Waals surface area (Å²) in [5.41, 5.74) is 0.327. The summed E-state index contributed by atoms with van der Waals surface area (Å²) in [6.07, 6.45) is 4.10. The van der Waals surface area contributed by atoms with E-state index < -0.39 is 4.83 Å². The summed E-state index contributed by atoms with van der Waals surface area (Å²) in [5.74, 6) is 0.490. The van der Waals surface area contributed by atoms with Crippen molar-refractivity contribution in [3.63, 3.8) is 0 Å². The first kappa shape index (κ1) is 17.5. The number of nitrogens with one attached hydrogen (secondary N) is 1. The second-order valence-corrected chi connectivity index (χ2v) is 7.76. The van der Waals surface area contributed by atoms with Crippen LogP contribution in [-0.2, 0) is 14.3 Å². The van der Waals surface area contributed by atoms with Crippen molar-refractivity contribution in [1.29, 1.82) is 0 Å². The summed E-state index contributed by atoms with van der Waals surface area (Å²) in [4.78, 5) is 22.8. The van der Waals surface area contributed by atoms with E-state index in [0.29, 0.717) is 11.3 Å². The molecule has 116 valence electrons. The molecule has 1 fully saturated rings. The maximum atomic E-state index is 12.1. The van der Waals surface area contributed by atoms with Crippen LogP contribution in [0.15, 0.2) is 0 Å². The van der Waals surface area contributed by atoms with E-state index in [4.69, 9.17) is 0 Å². The van der Waals surface area contributed by atoms with Crippen molar-refractivity contribution in [1.82, 2.24) is 5.32 Å². The Labute approximate surface area is 130 Å². The third-order valence-electron chi connectivity index (χ3n) is 4.24. The lowest BCUT2D eigenvalue weighted by molar-refractivity contribution is -0.139. The molecule has 1 saturated carbocycles. The second-order valence-electron chi connectivity index (χ2n) is 6.65. The number of hydrogen-bond donors (Lipinski definition) is 1. The number of esters is 1. The first-order valence-corrected chi connectivity index (χ1v) is 8.17. The summed E-state index contributed by atoms with van der Waals surface area (Å²) in [6, 6.07) is 0. The molecule has 1 amide bonds. The minimum absolute atomic E-state index is 0.0608. The van der Waals surface area contributed by atoms with Gasteiger partial charge in [0.15, 0.2) is 0 Å². The molecule has 0 aromatic carbocycles. The molecular formula is C15H26BrNO3. The molecule has 20 heavy (non-hydrogen) atoms. The molecule has 0 aromatic heterocycles. The van der Waals surface area contributed by atoms with Crippen LogP contribution in [0.4, 0.5) is 0 Å². The van der Waals surface area contributed by atoms with Gasteiger partial charge in [-0.15, -0.1) is 0 Å². The van der Waals surface area contributed by atoms with E-state index in [1.165, 1.54) is 7.11 Å². The van der Waals surface area contributed by atoms with Crippen molar-refractivity contribution in [2.75, 3.05) is 13.7 Å². The number of amides is 1. The number of alkyl halides is 1. The fraction of sp³-hybridized carbons (Fsp3) is 0.867. The van der Waals surface area contributed by atoms with Gasteiger partial charge in [-0.05, 0) is 37.0 Å². The number of rotatable bonds is 4. The average Bonchev–Trinajstić information content (AvgIpc) is 2.42. The van der Waals surface area contributed by atoms with E-state index in [1.807, 2.05) is 0 Å². The lowest BCUT2D eigenvalue weighted by Crippen LogP contribution is -2.39. The topological polar surface area (TPSA) is 55.4 Å². The van der Waals surface area contributed by atoms with Crippen molar-refractivity contribution in [2.45, 2.75) is 51.3 Å². The third kappa shape index (κ3) is 5.08. The molecular weight excluding hydrogens is 322 g/mol. The number of carbonyl (C=O) groups excluding carboxylic acids is 2. The second kappa shape index (κ2) is 7.43. The van der Waals surface area contributed by atoms with E-state index in [1.54, 1.807) is 0 Å². The Morgan fingerprint density at radius 2 is 1.80 bits per heavy atom. The van der Waals surface area contributed by atoms with Gasteiger partial charge in [-0.2, -0.15) is 0 Å². The van der Waals surface area contributed by atoms with Gasteiger partial charge < -0.3 is 10.1 Å². The number of carbonyl (C=O) groups is 2. The standard InChI is InChI=1S/C15H26BrNO3/c1-15(2,3)11-7-5-10(6-8-11)13(18)17-9-12(16)14(19)20-4/h10-12H,5-9H2,1-4H3,(H,17,18). The van der Waals surface area contributed by atoms with Gasteiger partial charge in [0.2, 0.25) is 5.91 Å². The van der Waals surface area contributed by atoms with Gasteiger partial charge in [-0.1, -0.05) is 36.7 Å². The third-order valence-corrected chi connectivity index (χ3v) is 4.93. The summed E-state index contributed by atoms with van der Waals surface area (Å²) >= 11 is 3.20. The molecule has 0 saturated heterocycles. The predicted molar refractivity (Wildman–Crippen MR) is 82.6 cm³/mol. The lowest BCUT2D eigenvalue weighted by Gasteiger charge is -2.36. The number of ether oxygens (including phenoxy) is 1. The van der Waals surface area contributed by atoms with Gasteiger partial charge in [0, 0.05) is 12.5 Å². The zero-order valence-corrected chi connectivity index (χ0v) is 14.5. The molecule has 4 nitrogen and oxygen atoms in total. The van der Waals surface area contributed by atoms with Gasteiger partial charge >= 0.3 is 5.97 Å². The Morgan fingerprint density at radius 3 is 2.25 bits per heavy atom. The van der Waals surface area contributed by atoms with Crippen molar-refractivity contribution >= 4 is 27.8 Å². The highest BCUT2D eigenvalue weighted by molar-refractivity contribution is 9.10. The minimum Gasteiger partial charge on any atom is -0.468 e. The Morgan fingerprint density at radius 1 is 1.25 bits per heavy atom. The van der Waals surface area contributed by atoms with Crippen molar-refractivity contribution < 1.29 is 14.3 Å². The van der Waals surface area contributed by atoms with Crippen LogP contribution < -0.4 is 5.32 Å². The predicted octanol–water partition coefficient (Wildman–Crippen LogP) is 2.89. The summed E-state index contributed by atoms with van der Waals surface area (Å²) in [5, 5.41) is 2.83. The smallest absolute Gasteiger partial charge is 0.321 e. The average molecular weight is 348 g/mol. The fourth-order valence-electron chi connectivity index (χ4n) is 2.77. The van der Waals surface area contributed by atoms with Gasteiger partial charge in [0.25, 0.3) is 0 Å². The Bertz CT molecular complexity index is 344.